The minimum Gasteiger partial charge on any atom is -0.462 e. The highest BCUT2D eigenvalue weighted by Gasteiger charge is 2.21. The van der Waals surface area contributed by atoms with E-state index in [2.05, 4.69) is 9.97 Å². The summed E-state index contributed by atoms with van der Waals surface area (Å²) < 4.78 is 10.7. The zero-order chi connectivity index (χ0) is 16.1. The van der Waals surface area contributed by atoms with Crippen molar-refractivity contribution in [3.63, 3.8) is 0 Å². The molecule has 0 radical (unpaired) electrons. The first-order valence-electron chi connectivity index (χ1n) is 7.30. The lowest BCUT2D eigenvalue weighted by Crippen LogP contribution is -2.15. The van der Waals surface area contributed by atoms with Gasteiger partial charge in [0.05, 0.1) is 24.1 Å². The van der Waals surface area contributed by atoms with Gasteiger partial charge in [-0.3, -0.25) is 0 Å². The topological polar surface area (TPSA) is 61.3 Å². The molecule has 0 N–H and O–H groups in total. The standard InChI is InChI=1S/C17H20N2O3/c1-5-21-16(20)14-12(4)18-17(22-11(2)3)19-15(14)13-9-7-6-8-10-13/h6-11H,5H2,1-4H3. The molecule has 2 rings (SSSR count). The molecule has 116 valence electrons. The molecule has 1 aromatic heterocycles. The van der Waals surface area contributed by atoms with Crippen LogP contribution in [-0.2, 0) is 4.74 Å². The number of carbonyl (C=O) groups is 1. The van der Waals surface area contributed by atoms with Gasteiger partial charge in [0.2, 0.25) is 0 Å². The van der Waals surface area contributed by atoms with Crippen LogP contribution in [0.5, 0.6) is 6.01 Å². The van der Waals surface area contributed by atoms with Crippen molar-refractivity contribution < 1.29 is 14.3 Å². The highest BCUT2D eigenvalue weighted by atomic mass is 16.5. The minimum atomic E-state index is -0.421. The number of esters is 1. The maximum atomic E-state index is 12.3. The number of hydrogen-bond donors (Lipinski definition) is 0. The number of ether oxygens (including phenoxy) is 2. The van der Waals surface area contributed by atoms with Crippen LogP contribution in [0.2, 0.25) is 0 Å². The molecule has 0 saturated heterocycles. The van der Waals surface area contributed by atoms with E-state index in [1.807, 2.05) is 44.2 Å². The molecule has 5 nitrogen and oxygen atoms in total. The molecule has 5 heteroatoms. The number of rotatable bonds is 5. The van der Waals surface area contributed by atoms with E-state index in [1.54, 1.807) is 13.8 Å². The van der Waals surface area contributed by atoms with Gasteiger partial charge in [0.1, 0.15) is 5.56 Å². The Labute approximate surface area is 130 Å². The Kier molecular flexibility index (Phi) is 5.09. The Morgan fingerprint density at radius 2 is 1.86 bits per heavy atom. The molecule has 0 aliphatic heterocycles. The summed E-state index contributed by atoms with van der Waals surface area (Å²) in [4.78, 5) is 20.9. The summed E-state index contributed by atoms with van der Waals surface area (Å²) in [5.74, 6) is -0.421. The molecule has 2 aromatic rings. The van der Waals surface area contributed by atoms with Crippen LogP contribution in [0.25, 0.3) is 11.3 Å². The lowest BCUT2D eigenvalue weighted by Gasteiger charge is -2.14. The average molecular weight is 300 g/mol. The Hall–Kier alpha value is -2.43. The van der Waals surface area contributed by atoms with E-state index in [0.29, 0.717) is 23.6 Å². The Morgan fingerprint density at radius 1 is 1.18 bits per heavy atom. The lowest BCUT2D eigenvalue weighted by molar-refractivity contribution is 0.0525. The highest BCUT2D eigenvalue weighted by Crippen LogP contribution is 2.26. The van der Waals surface area contributed by atoms with Gasteiger partial charge in [-0.1, -0.05) is 30.3 Å². The molecule has 1 aromatic carbocycles. The molecule has 0 atom stereocenters. The number of benzene rings is 1. The van der Waals surface area contributed by atoms with Crippen LogP contribution in [0.3, 0.4) is 0 Å². The van der Waals surface area contributed by atoms with E-state index in [0.717, 1.165) is 5.56 Å². The van der Waals surface area contributed by atoms with Crippen molar-refractivity contribution in [1.29, 1.82) is 0 Å². The monoisotopic (exact) mass is 300 g/mol. The normalized spacial score (nSPS) is 10.6. The van der Waals surface area contributed by atoms with Crippen molar-refractivity contribution in [2.75, 3.05) is 6.61 Å². The van der Waals surface area contributed by atoms with E-state index in [1.165, 1.54) is 0 Å². The van der Waals surface area contributed by atoms with E-state index in [9.17, 15) is 4.79 Å². The summed E-state index contributed by atoms with van der Waals surface area (Å²) in [6.07, 6.45) is -0.0449. The number of nitrogens with zero attached hydrogens (tertiary/aromatic N) is 2. The van der Waals surface area contributed by atoms with Gasteiger partial charge in [-0.15, -0.1) is 0 Å². The summed E-state index contributed by atoms with van der Waals surface area (Å²) in [5, 5.41) is 0. The fraction of sp³-hybridized carbons (Fsp3) is 0.353. The van der Waals surface area contributed by atoms with Gasteiger partial charge in [0, 0.05) is 5.56 Å². The third-order valence-electron chi connectivity index (χ3n) is 2.94. The second-order valence-electron chi connectivity index (χ2n) is 5.07. The first-order valence-corrected chi connectivity index (χ1v) is 7.30. The summed E-state index contributed by atoms with van der Waals surface area (Å²) in [5.41, 5.74) is 2.28. The fourth-order valence-electron chi connectivity index (χ4n) is 2.06. The Morgan fingerprint density at radius 3 is 2.45 bits per heavy atom. The number of aromatic nitrogens is 2. The van der Waals surface area contributed by atoms with Gasteiger partial charge in [-0.05, 0) is 27.7 Å². The van der Waals surface area contributed by atoms with Crippen LogP contribution in [0.1, 0.15) is 36.8 Å². The fourth-order valence-corrected chi connectivity index (χ4v) is 2.06. The van der Waals surface area contributed by atoms with Gasteiger partial charge < -0.3 is 9.47 Å². The lowest BCUT2D eigenvalue weighted by atomic mass is 10.0. The van der Waals surface area contributed by atoms with Crippen molar-refractivity contribution in [3.8, 4) is 17.3 Å². The molecular formula is C17H20N2O3. The minimum absolute atomic E-state index is 0.0449. The van der Waals surface area contributed by atoms with Crippen LogP contribution in [0, 0.1) is 6.92 Å². The molecule has 0 aliphatic rings. The van der Waals surface area contributed by atoms with Crippen LogP contribution >= 0.6 is 0 Å². The predicted octanol–water partition coefficient (Wildman–Crippen LogP) is 3.42. The number of aryl methyl sites for hydroxylation is 1. The van der Waals surface area contributed by atoms with Crippen molar-refractivity contribution >= 4 is 5.97 Å². The molecular weight excluding hydrogens is 280 g/mol. The molecule has 0 fully saturated rings. The quantitative estimate of drug-likeness (QED) is 0.792. The van der Waals surface area contributed by atoms with Crippen LogP contribution in [0.15, 0.2) is 30.3 Å². The first-order chi connectivity index (χ1) is 10.5. The van der Waals surface area contributed by atoms with E-state index in [4.69, 9.17) is 9.47 Å². The molecule has 0 amide bonds. The van der Waals surface area contributed by atoms with Gasteiger partial charge in [0.25, 0.3) is 0 Å². The predicted molar refractivity (Wildman–Crippen MR) is 83.9 cm³/mol. The van der Waals surface area contributed by atoms with Crippen molar-refractivity contribution in [2.24, 2.45) is 0 Å². The number of carbonyl (C=O) groups excluding carboxylic acids is 1. The summed E-state index contributed by atoms with van der Waals surface area (Å²) in [6.45, 7) is 7.64. The number of hydrogen-bond acceptors (Lipinski definition) is 5. The van der Waals surface area contributed by atoms with Crippen molar-refractivity contribution in [3.05, 3.63) is 41.6 Å². The molecule has 0 unspecified atom stereocenters. The second-order valence-corrected chi connectivity index (χ2v) is 5.07. The van der Waals surface area contributed by atoms with Crippen LogP contribution < -0.4 is 4.74 Å². The van der Waals surface area contributed by atoms with Crippen LogP contribution in [-0.4, -0.2) is 28.6 Å². The molecule has 0 saturated carbocycles. The van der Waals surface area contributed by atoms with Crippen molar-refractivity contribution in [2.45, 2.75) is 33.8 Å². The summed E-state index contributed by atoms with van der Waals surface area (Å²) >= 11 is 0. The summed E-state index contributed by atoms with van der Waals surface area (Å²) in [6, 6.07) is 9.75. The van der Waals surface area contributed by atoms with Gasteiger partial charge >= 0.3 is 12.0 Å². The highest BCUT2D eigenvalue weighted by molar-refractivity contribution is 5.97. The van der Waals surface area contributed by atoms with Gasteiger partial charge in [0.15, 0.2) is 0 Å². The summed E-state index contributed by atoms with van der Waals surface area (Å²) in [7, 11) is 0. The molecule has 0 spiro atoms. The largest absolute Gasteiger partial charge is 0.462 e. The molecule has 0 bridgehead atoms. The zero-order valence-corrected chi connectivity index (χ0v) is 13.3. The molecule has 1 heterocycles. The van der Waals surface area contributed by atoms with Gasteiger partial charge in [-0.25, -0.2) is 4.79 Å². The SMILES string of the molecule is CCOC(=O)c1c(C)nc(OC(C)C)nc1-c1ccccc1. The maximum absolute atomic E-state index is 12.3. The van der Waals surface area contributed by atoms with Crippen molar-refractivity contribution in [1.82, 2.24) is 9.97 Å². The zero-order valence-electron chi connectivity index (χ0n) is 13.3. The maximum Gasteiger partial charge on any atom is 0.342 e. The van der Waals surface area contributed by atoms with E-state index in [-0.39, 0.29) is 12.1 Å². The second kappa shape index (κ2) is 7.02. The van der Waals surface area contributed by atoms with Crippen LogP contribution in [0.4, 0.5) is 0 Å². The Bertz CT molecular complexity index is 654. The third-order valence-corrected chi connectivity index (χ3v) is 2.94. The first kappa shape index (κ1) is 15.9. The van der Waals surface area contributed by atoms with Gasteiger partial charge in [-0.2, -0.15) is 9.97 Å². The molecule has 22 heavy (non-hydrogen) atoms. The third kappa shape index (κ3) is 3.61. The smallest absolute Gasteiger partial charge is 0.342 e. The molecule has 0 aliphatic carbocycles. The average Bonchev–Trinajstić information content (AvgIpc) is 2.47. The van der Waals surface area contributed by atoms with E-state index >= 15 is 0 Å². The van der Waals surface area contributed by atoms with E-state index < -0.39 is 5.97 Å². The Balaban J connectivity index is 2.59.